The van der Waals surface area contributed by atoms with Crippen LogP contribution in [0.15, 0.2) is 18.2 Å². The third-order valence-corrected chi connectivity index (χ3v) is 5.56. The van der Waals surface area contributed by atoms with Crippen LogP contribution in [0.3, 0.4) is 0 Å². The van der Waals surface area contributed by atoms with E-state index in [9.17, 15) is 13.2 Å². The summed E-state index contributed by atoms with van der Waals surface area (Å²) in [4.78, 5) is 12.0. The first-order valence-corrected chi connectivity index (χ1v) is 9.23. The summed E-state index contributed by atoms with van der Waals surface area (Å²) in [6, 6.07) is 6.34. The molecule has 21 heavy (non-hydrogen) atoms. The van der Waals surface area contributed by atoms with Crippen LogP contribution in [-0.2, 0) is 21.1 Å². The standard InChI is InChI=1S/C16H23NO3S/c1-12-9-13(2)11-14(10-12)3-4-16(18)17-15-5-7-21(19,20)8-6-15/h9-11,15H,3-8H2,1-2H3,(H,17,18). The summed E-state index contributed by atoms with van der Waals surface area (Å²) in [6.07, 6.45) is 2.25. The van der Waals surface area contributed by atoms with Crippen LogP contribution in [0.25, 0.3) is 0 Å². The lowest BCUT2D eigenvalue weighted by molar-refractivity contribution is -0.121. The molecule has 0 saturated carbocycles. The Bertz CT molecular complexity index is 588. The van der Waals surface area contributed by atoms with Gasteiger partial charge in [-0.15, -0.1) is 0 Å². The van der Waals surface area contributed by atoms with Crippen LogP contribution in [0.1, 0.15) is 36.0 Å². The number of nitrogens with one attached hydrogen (secondary N) is 1. The molecule has 2 rings (SSSR count). The van der Waals surface area contributed by atoms with Gasteiger partial charge in [0, 0.05) is 12.5 Å². The smallest absolute Gasteiger partial charge is 0.220 e. The molecule has 4 nitrogen and oxygen atoms in total. The summed E-state index contributed by atoms with van der Waals surface area (Å²) in [5, 5.41) is 2.95. The van der Waals surface area contributed by atoms with Gasteiger partial charge in [-0.05, 0) is 38.7 Å². The molecule has 0 bridgehead atoms. The number of sulfone groups is 1. The van der Waals surface area contributed by atoms with E-state index in [0.29, 0.717) is 19.3 Å². The van der Waals surface area contributed by atoms with E-state index in [1.54, 1.807) is 0 Å². The van der Waals surface area contributed by atoms with Gasteiger partial charge in [-0.2, -0.15) is 0 Å². The van der Waals surface area contributed by atoms with E-state index in [1.807, 2.05) is 0 Å². The van der Waals surface area contributed by atoms with E-state index < -0.39 is 9.84 Å². The molecule has 1 fully saturated rings. The summed E-state index contributed by atoms with van der Waals surface area (Å²) in [5.41, 5.74) is 3.60. The molecule has 1 aliphatic rings. The molecule has 0 atom stereocenters. The number of rotatable bonds is 4. The molecule has 1 aromatic carbocycles. The molecule has 1 heterocycles. The Morgan fingerprint density at radius 2 is 1.71 bits per heavy atom. The second kappa shape index (κ2) is 6.60. The lowest BCUT2D eigenvalue weighted by Crippen LogP contribution is -2.40. The van der Waals surface area contributed by atoms with Crippen molar-refractivity contribution < 1.29 is 13.2 Å². The second-order valence-corrected chi connectivity index (χ2v) is 8.29. The van der Waals surface area contributed by atoms with Gasteiger partial charge >= 0.3 is 0 Å². The maximum absolute atomic E-state index is 12.0. The first kappa shape index (κ1) is 16.0. The fourth-order valence-corrected chi connectivity index (χ4v) is 4.30. The van der Waals surface area contributed by atoms with E-state index in [2.05, 4.69) is 37.4 Å². The maximum atomic E-state index is 12.0. The minimum absolute atomic E-state index is 0.0125. The lowest BCUT2D eigenvalue weighted by Gasteiger charge is -2.23. The third-order valence-electron chi connectivity index (χ3n) is 3.84. The van der Waals surface area contributed by atoms with Crippen molar-refractivity contribution in [2.75, 3.05) is 11.5 Å². The molecule has 0 spiro atoms. The summed E-state index contributed by atoms with van der Waals surface area (Å²) >= 11 is 0. The Kier molecular flexibility index (Phi) is 5.04. The van der Waals surface area contributed by atoms with E-state index in [0.717, 1.165) is 6.42 Å². The SMILES string of the molecule is Cc1cc(C)cc(CCC(=O)NC2CCS(=O)(=O)CC2)c1. The number of benzene rings is 1. The number of hydrogen-bond acceptors (Lipinski definition) is 3. The molecule has 1 N–H and O–H groups in total. The van der Waals surface area contributed by atoms with Gasteiger partial charge in [0.15, 0.2) is 0 Å². The van der Waals surface area contributed by atoms with Crippen LogP contribution < -0.4 is 5.32 Å². The Morgan fingerprint density at radius 3 is 2.29 bits per heavy atom. The summed E-state index contributed by atoms with van der Waals surface area (Å²) in [7, 11) is -2.87. The number of aryl methyl sites for hydroxylation is 3. The number of hydrogen-bond donors (Lipinski definition) is 1. The van der Waals surface area contributed by atoms with E-state index in [-0.39, 0.29) is 23.5 Å². The van der Waals surface area contributed by atoms with Crippen LogP contribution >= 0.6 is 0 Å². The first-order chi connectivity index (χ1) is 9.84. The highest BCUT2D eigenvalue weighted by atomic mass is 32.2. The Hall–Kier alpha value is -1.36. The molecule has 1 saturated heterocycles. The highest BCUT2D eigenvalue weighted by Gasteiger charge is 2.24. The number of amides is 1. The largest absolute Gasteiger partial charge is 0.353 e. The maximum Gasteiger partial charge on any atom is 0.220 e. The van der Waals surface area contributed by atoms with Gasteiger partial charge in [-0.1, -0.05) is 29.3 Å². The summed E-state index contributed by atoms with van der Waals surface area (Å²) in [6.45, 7) is 4.11. The van der Waals surface area contributed by atoms with Crippen molar-refractivity contribution in [1.29, 1.82) is 0 Å². The molecular formula is C16H23NO3S. The predicted molar refractivity (Wildman–Crippen MR) is 84.1 cm³/mol. The van der Waals surface area contributed by atoms with Crippen LogP contribution in [0.5, 0.6) is 0 Å². The zero-order valence-corrected chi connectivity index (χ0v) is 13.5. The van der Waals surface area contributed by atoms with Crippen molar-refractivity contribution in [2.45, 2.75) is 45.6 Å². The number of carbonyl (C=O) groups is 1. The second-order valence-electron chi connectivity index (χ2n) is 5.99. The van der Waals surface area contributed by atoms with Gasteiger partial charge < -0.3 is 5.32 Å². The van der Waals surface area contributed by atoms with E-state index >= 15 is 0 Å². The minimum Gasteiger partial charge on any atom is -0.353 e. The van der Waals surface area contributed by atoms with Crippen LogP contribution in [0.2, 0.25) is 0 Å². The van der Waals surface area contributed by atoms with Crippen molar-refractivity contribution in [3.63, 3.8) is 0 Å². The van der Waals surface area contributed by atoms with Crippen molar-refractivity contribution >= 4 is 15.7 Å². The minimum atomic E-state index is -2.87. The predicted octanol–water partition coefficient (Wildman–Crippen LogP) is 1.93. The zero-order chi connectivity index (χ0) is 15.5. The van der Waals surface area contributed by atoms with Crippen molar-refractivity contribution in [1.82, 2.24) is 5.32 Å². The highest BCUT2D eigenvalue weighted by molar-refractivity contribution is 7.91. The molecule has 0 radical (unpaired) electrons. The average Bonchev–Trinajstić information content (AvgIpc) is 2.38. The highest BCUT2D eigenvalue weighted by Crippen LogP contribution is 2.13. The lowest BCUT2D eigenvalue weighted by atomic mass is 10.0. The first-order valence-electron chi connectivity index (χ1n) is 7.41. The van der Waals surface area contributed by atoms with Gasteiger partial charge in [-0.3, -0.25) is 4.79 Å². The molecule has 1 aromatic rings. The van der Waals surface area contributed by atoms with Crippen LogP contribution in [0.4, 0.5) is 0 Å². The normalized spacial score (nSPS) is 18.4. The summed E-state index contributed by atoms with van der Waals surface area (Å²) in [5.74, 6) is 0.391. The van der Waals surface area contributed by atoms with E-state index in [4.69, 9.17) is 0 Å². The molecular weight excluding hydrogens is 286 g/mol. The quantitative estimate of drug-likeness (QED) is 0.924. The van der Waals surface area contributed by atoms with Gasteiger partial charge in [-0.25, -0.2) is 8.42 Å². The molecule has 1 aliphatic heterocycles. The van der Waals surface area contributed by atoms with Gasteiger partial charge in [0.25, 0.3) is 0 Å². The monoisotopic (exact) mass is 309 g/mol. The van der Waals surface area contributed by atoms with E-state index in [1.165, 1.54) is 16.7 Å². The average molecular weight is 309 g/mol. The van der Waals surface area contributed by atoms with Gasteiger partial charge in [0.2, 0.25) is 5.91 Å². The Balaban J connectivity index is 1.80. The fraction of sp³-hybridized carbons (Fsp3) is 0.562. The van der Waals surface area contributed by atoms with Crippen LogP contribution in [0, 0.1) is 13.8 Å². The topological polar surface area (TPSA) is 63.2 Å². The third kappa shape index (κ3) is 5.16. The van der Waals surface area contributed by atoms with Gasteiger partial charge in [0.1, 0.15) is 9.84 Å². The van der Waals surface area contributed by atoms with Crippen molar-refractivity contribution in [3.8, 4) is 0 Å². The van der Waals surface area contributed by atoms with Crippen LogP contribution in [-0.4, -0.2) is 31.9 Å². The fourth-order valence-electron chi connectivity index (χ4n) is 2.81. The Morgan fingerprint density at radius 1 is 1.14 bits per heavy atom. The molecule has 0 aromatic heterocycles. The molecule has 1 amide bonds. The molecule has 116 valence electrons. The molecule has 5 heteroatoms. The van der Waals surface area contributed by atoms with Gasteiger partial charge in [0.05, 0.1) is 11.5 Å². The van der Waals surface area contributed by atoms with Crippen molar-refractivity contribution in [2.24, 2.45) is 0 Å². The Labute approximate surface area is 126 Å². The molecule has 0 aliphatic carbocycles. The molecule has 0 unspecified atom stereocenters. The number of carbonyl (C=O) groups excluding carboxylic acids is 1. The van der Waals surface area contributed by atoms with Crippen molar-refractivity contribution in [3.05, 3.63) is 34.9 Å². The zero-order valence-electron chi connectivity index (χ0n) is 12.7. The summed E-state index contributed by atoms with van der Waals surface area (Å²) < 4.78 is 22.7.